The molecule has 2 aromatic rings. The first-order valence-electron chi connectivity index (χ1n) is 8.23. The third-order valence-electron chi connectivity index (χ3n) is 3.87. The molecule has 0 radical (unpaired) electrons. The van der Waals surface area contributed by atoms with Gasteiger partial charge in [0.05, 0.1) is 6.10 Å². The van der Waals surface area contributed by atoms with E-state index in [4.69, 9.17) is 17.0 Å². The summed E-state index contributed by atoms with van der Waals surface area (Å²) in [5.74, 6) is 0.964. The number of thiocarbonyl (C=S) groups is 1. The lowest BCUT2D eigenvalue weighted by Gasteiger charge is -2.14. The fourth-order valence-electron chi connectivity index (χ4n) is 2.55. The second-order valence-corrected chi connectivity index (χ2v) is 7.23. The van der Waals surface area contributed by atoms with Gasteiger partial charge >= 0.3 is 0 Å². The topological polar surface area (TPSA) is 33.3 Å². The highest BCUT2D eigenvalue weighted by molar-refractivity contribution is 7.98. The first-order chi connectivity index (χ1) is 11.8. The molecule has 126 valence electrons. The molecule has 3 rings (SSSR count). The maximum Gasteiger partial charge on any atom is 0.170 e. The van der Waals surface area contributed by atoms with Gasteiger partial charge in [-0.05, 0) is 54.9 Å². The van der Waals surface area contributed by atoms with Gasteiger partial charge in [0.1, 0.15) is 0 Å². The molecule has 3 nitrogen and oxygen atoms in total. The summed E-state index contributed by atoms with van der Waals surface area (Å²) in [6, 6.07) is 18.9. The molecule has 0 bridgehead atoms. The minimum absolute atomic E-state index is 0.294. The Morgan fingerprint density at radius 3 is 2.62 bits per heavy atom. The summed E-state index contributed by atoms with van der Waals surface area (Å²) in [6.45, 7) is 1.65. The van der Waals surface area contributed by atoms with Crippen LogP contribution in [-0.4, -0.2) is 24.4 Å². The van der Waals surface area contributed by atoms with Crippen molar-refractivity contribution in [3.63, 3.8) is 0 Å². The van der Waals surface area contributed by atoms with E-state index in [2.05, 4.69) is 59.2 Å². The summed E-state index contributed by atoms with van der Waals surface area (Å²) < 4.78 is 5.58. The number of rotatable bonds is 6. The van der Waals surface area contributed by atoms with Crippen LogP contribution in [0.1, 0.15) is 18.4 Å². The second-order valence-electron chi connectivity index (χ2n) is 5.77. The monoisotopic (exact) mass is 358 g/mol. The standard InChI is InChI=1S/C19H22N2OS2/c23-19(20-13-17-5-4-12-22-17)21-16-10-8-15(9-11-16)14-24-18-6-2-1-3-7-18/h1-3,6-11,17H,4-5,12-14H2,(H2,20,21,23). The van der Waals surface area contributed by atoms with Gasteiger partial charge < -0.3 is 15.4 Å². The van der Waals surface area contributed by atoms with Crippen LogP contribution in [0.2, 0.25) is 0 Å². The maximum absolute atomic E-state index is 5.58. The Balaban J connectivity index is 1.42. The van der Waals surface area contributed by atoms with Gasteiger partial charge in [-0.25, -0.2) is 0 Å². The summed E-state index contributed by atoms with van der Waals surface area (Å²) in [5.41, 5.74) is 2.31. The predicted molar refractivity (Wildman–Crippen MR) is 106 cm³/mol. The molecule has 1 aliphatic rings. The van der Waals surface area contributed by atoms with E-state index < -0.39 is 0 Å². The molecule has 1 fully saturated rings. The minimum Gasteiger partial charge on any atom is -0.376 e. The van der Waals surface area contributed by atoms with Gasteiger partial charge in [-0.15, -0.1) is 11.8 Å². The van der Waals surface area contributed by atoms with E-state index in [0.29, 0.717) is 11.2 Å². The first kappa shape index (κ1) is 17.3. The van der Waals surface area contributed by atoms with Crippen LogP contribution in [0.5, 0.6) is 0 Å². The van der Waals surface area contributed by atoms with Crippen LogP contribution in [0.15, 0.2) is 59.5 Å². The Morgan fingerprint density at radius 1 is 1.12 bits per heavy atom. The fourth-order valence-corrected chi connectivity index (χ4v) is 3.63. The molecule has 5 heteroatoms. The van der Waals surface area contributed by atoms with E-state index in [1.54, 1.807) is 0 Å². The van der Waals surface area contributed by atoms with E-state index in [1.807, 2.05) is 17.8 Å². The van der Waals surface area contributed by atoms with Crippen LogP contribution in [0.25, 0.3) is 0 Å². The Kier molecular flexibility index (Phi) is 6.52. The molecular formula is C19H22N2OS2. The van der Waals surface area contributed by atoms with Crippen LogP contribution in [0, 0.1) is 0 Å². The molecule has 1 atom stereocenters. The average molecular weight is 359 g/mol. The molecule has 2 aromatic carbocycles. The number of ether oxygens (including phenoxy) is 1. The largest absolute Gasteiger partial charge is 0.376 e. The summed E-state index contributed by atoms with van der Waals surface area (Å²) >= 11 is 7.18. The summed E-state index contributed by atoms with van der Waals surface area (Å²) in [4.78, 5) is 1.29. The lowest BCUT2D eigenvalue weighted by Crippen LogP contribution is -2.34. The molecule has 0 saturated carbocycles. The summed E-state index contributed by atoms with van der Waals surface area (Å²) in [5, 5.41) is 7.10. The highest BCUT2D eigenvalue weighted by Crippen LogP contribution is 2.23. The van der Waals surface area contributed by atoms with Crippen LogP contribution >= 0.6 is 24.0 Å². The molecule has 0 aliphatic carbocycles. The molecule has 24 heavy (non-hydrogen) atoms. The van der Waals surface area contributed by atoms with Crippen molar-refractivity contribution in [3.8, 4) is 0 Å². The van der Waals surface area contributed by atoms with Crippen molar-refractivity contribution in [2.45, 2.75) is 29.6 Å². The van der Waals surface area contributed by atoms with E-state index >= 15 is 0 Å². The SMILES string of the molecule is S=C(NCC1CCCO1)Nc1ccc(CSc2ccccc2)cc1. The highest BCUT2D eigenvalue weighted by atomic mass is 32.2. The summed E-state index contributed by atoms with van der Waals surface area (Å²) in [6.07, 6.45) is 2.56. The van der Waals surface area contributed by atoms with Gasteiger partial charge in [0.2, 0.25) is 0 Å². The van der Waals surface area contributed by atoms with Crippen molar-refractivity contribution in [1.29, 1.82) is 0 Å². The van der Waals surface area contributed by atoms with E-state index in [1.165, 1.54) is 10.5 Å². The molecule has 1 heterocycles. The zero-order valence-electron chi connectivity index (χ0n) is 13.5. The van der Waals surface area contributed by atoms with Crippen LogP contribution in [-0.2, 0) is 10.5 Å². The quantitative estimate of drug-likeness (QED) is 0.589. The molecular weight excluding hydrogens is 336 g/mol. The highest BCUT2D eigenvalue weighted by Gasteiger charge is 2.15. The normalized spacial score (nSPS) is 16.8. The lowest BCUT2D eigenvalue weighted by atomic mass is 10.2. The zero-order chi connectivity index (χ0) is 16.6. The lowest BCUT2D eigenvalue weighted by molar-refractivity contribution is 0.114. The van der Waals surface area contributed by atoms with Gasteiger partial charge in [-0.2, -0.15) is 0 Å². The Morgan fingerprint density at radius 2 is 1.92 bits per heavy atom. The first-order valence-corrected chi connectivity index (χ1v) is 9.62. The van der Waals surface area contributed by atoms with Crippen molar-refractivity contribution < 1.29 is 4.74 Å². The van der Waals surface area contributed by atoms with Crippen molar-refractivity contribution in [1.82, 2.24) is 5.32 Å². The molecule has 2 N–H and O–H groups in total. The Bertz CT molecular complexity index is 640. The van der Waals surface area contributed by atoms with Crippen LogP contribution in [0.4, 0.5) is 5.69 Å². The van der Waals surface area contributed by atoms with Gasteiger partial charge in [0.15, 0.2) is 5.11 Å². The Labute approximate surface area is 153 Å². The van der Waals surface area contributed by atoms with Gasteiger partial charge in [0.25, 0.3) is 0 Å². The van der Waals surface area contributed by atoms with Crippen molar-refractivity contribution >= 4 is 34.8 Å². The molecule has 0 aromatic heterocycles. The summed E-state index contributed by atoms with van der Waals surface area (Å²) in [7, 11) is 0. The molecule has 0 amide bonds. The van der Waals surface area contributed by atoms with E-state index in [9.17, 15) is 0 Å². The number of nitrogens with one attached hydrogen (secondary N) is 2. The molecule has 1 aliphatic heterocycles. The van der Waals surface area contributed by atoms with Crippen LogP contribution in [0.3, 0.4) is 0 Å². The number of hydrogen-bond acceptors (Lipinski definition) is 3. The van der Waals surface area contributed by atoms with Gasteiger partial charge in [0, 0.05) is 29.5 Å². The van der Waals surface area contributed by atoms with Crippen molar-refractivity contribution in [2.75, 3.05) is 18.5 Å². The Hall–Kier alpha value is -1.56. The van der Waals surface area contributed by atoms with Crippen molar-refractivity contribution in [2.24, 2.45) is 0 Å². The van der Waals surface area contributed by atoms with E-state index in [-0.39, 0.29) is 0 Å². The second kappa shape index (κ2) is 9.06. The molecule has 0 spiro atoms. The number of anilines is 1. The third-order valence-corrected chi connectivity index (χ3v) is 5.20. The van der Waals surface area contributed by atoms with Crippen molar-refractivity contribution in [3.05, 3.63) is 60.2 Å². The third kappa shape index (κ3) is 5.51. The minimum atomic E-state index is 0.294. The molecule has 1 saturated heterocycles. The van der Waals surface area contributed by atoms with Gasteiger partial charge in [-0.3, -0.25) is 0 Å². The number of hydrogen-bond donors (Lipinski definition) is 2. The van der Waals surface area contributed by atoms with Gasteiger partial charge in [-0.1, -0.05) is 30.3 Å². The van der Waals surface area contributed by atoms with E-state index in [0.717, 1.165) is 37.4 Å². The fraction of sp³-hybridized carbons (Fsp3) is 0.316. The van der Waals surface area contributed by atoms with Crippen LogP contribution < -0.4 is 10.6 Å². The smallest absolute Gasteiger partial charge is 0.170 e. The molecule has 1 unspecified atom stereocenters. The predicted octanol–water partition coefficient (Wildman–Crippen LogP) is 4.44. The maximum atomic E-state index is 5.58. The zero-order valence-corrected chi connectivity index (χ0v) is 15.2. The average Bonchev–Trinajstić information content (AvgIpc) is 3.14. The number of benzene rings is 2. The number of thioether (sulfide) groups is 1.